The van der Waals surface area contributed by atoms with E-state index in [1.54, 1.807) is 25.5 Å². The van der Waals surface area contributed by atoms with Crippen molar-refractivity contribution >= 4 is 11.8 Å². The van der Waals surface area contributed by atoms with Crippen molar-refractivity contribution in [3.05, 3.63) is 18.6 Å². The summed E-state index contributed by atoms with van der Waals surface area (Å²) in [4.78, 5) is 19.1. The van der Waals surface area contributed by atoms with E-state index in [1.807, 2.05) is 0 Å². The van der Waals surface area contributed by atoms with Gasteiger partial charge in [0.2, 0.25) is 0 Å². The molecule has 2 unspecified atom stereocenters. The van der Waals surface area contributed by atoms with Crippen LogP contribution in [0.2, 0.25) is 0 Å². The molecule has 2 N–H and O–H groups in total. The number of carboxylic acid groups (broad SMARTS) is 1. The topological polar surface area (TPSA) is 84.3 Å². The Morgan fingerprint density at radius 1 is 1.69 bits per heavy atom. The number of aliphatic carboxylic acids is 1. The molecule has 16 heavy (non-hydrogen) atoms. The fourth-order valence-electron chi connectivity index (χ4n) is 1.64. The quantitative estimate of drug-likeness (QED) is 0.770. The average Bonchev–Trinajstić information content (AvgIpc) is 2.63. The summed E-state index contributed by atoms with van der Waals surface area (Å²) in [6, 6.07) is -0.290. The SMILES string of the molecule is CC1(C(=O)O)COCC1Nc1cnccn1. The first-order valence-electron chi connectivity index (χ1n) is 4.96. The number of carbonyl (C=O) groups is 1. The van der Waals surface area contributed by atoms with Gasteiger partial charge in [-0.25, -0.2) is 4.98 Å². The van der Waals surface area contributed by atoms with Crippen LogP contribution < -0.4 is 5.32 Å². The molecule has 1 aromatic rings. The van der Waals surface area contributed by atoms with Crippen LogP contribution in [0.4, 0.5) is 5.82 Å². The predicted molar refractivity (Wildman–Crippen MR) is 56.0 cm³/mol. The molecule has 6 heteroatoms. The van der Waals surface area contributed by atoms with Crippen LogP contribution in [-0.4, -0.2) is 40.3 Å². The number of nitrogens with one attached hydrogen (secondary N) is 1. The van der Waals surface area contributed by atoms with Crippen LogP contribution in [0.15, 0.2) is 18.6 Å². The lowest BCUT2D eigenvalue weighted by atomic mass is 9.85. The Morgan fingerprint density at radius 2 is 2.50 bits per heavy atom. The Bertz CT molecular complexity index is 384. The molecule has 1 aliphatic rings. The van der Waals surface area contributed by atoms with E-state index in [0.717, 1.165) is 0 Å². The highest BCUT2D eigenvalue weighted by Gasteiger charge is 2.46. The van der Waals surface area contributed by atoms with Gasteiger partial charge >= 0.3 is 5.97 Å². The number of rotatable bonds is 3. The van der Waals surface area contributed by atoms with Crippen LogP contribution >= 0.6 is 0 Å². The molecule has 1 aromatic heterocycles. The Balaban J connectivity index is 2.13. The standard InChI is InChI=1S/C10H13N3O3/c1-10(9(14)15)6-16-5-7(10)13-8-4-11-2-3-12-8/h2-4,7H,5-6H2,1H3,(H,12,13)(H,14,15). The van der Waals surface area contributed by atoms with Crippen LogP contribution in [0.5, 0.6) is 0 Å². The highest BCUT2D eigenvalue weighted by atomic mass is 16.5. The van der Waals surface area contributed by atoms with Gasteiger partial charge in [-0.05, 0) is 6.92 Å². The molecule has 0 radical (unpaired) electrons. The van der Waals surface area contributed by atoms with E-state index in [-0.39, 0.29) is 12.6 Å². The second kappa shape index (κ2) is 4.05. The van der Waals surface area contributed by atoms with Crippen LogP contribution in [0.1, 0.15) is 6.92 Å². The first-order valence-corrected chi connectivity index (χ1v) is 4.96. The number of hydrogen-bond acceptors (Lipinski definition) is 5. The van der Waals surface area contributed by atoms with Gasteiger partial charge < -0.3 is 15.2 Å². The minimum Gasteiger partial charge on any atom is -0.481 e. The first-order chi connectivity index (χ1) is 7.63. The van der Waals surface area contributed by atoms with Crippen molar-refractivity contribution in [1.29, 1.82) is 0 Å². The van der Waals surface area contributed by atoms with E-state index in [2.05, 4.69) is 15.3 Å². The molecule has 2 rings (SSSR count). The summed E-state index contributed by atoms with van der Waals surface area (Å²) in [5.74, 6) is -0.308. The smallest absolute Gasteiger partial charge is 0.313 e. The molecule has 0 amide bonds. The van der Waals surface area contributed by atoms with Crippen LogP contribution in [-0.2, 0) is 9.53 Å². The molecular formula is C10H13N3O3. The van der Waals surface area contributed by atoms with E-state index >= 15 is 0 Å². The second-order valence-corrected chi connectivity index (χ2v) is 4.03. The molecular weight excluding hydrogens is 210 g/mol. The number of anilines is 1. The number of aromatic nitrogens is 2. The lowest BCUT2D eigenvalue weighted by molar-refractivity contribution is -0.148. The third kappa shape index (κ3) is 1.83. The van der Waals surface area contributed by atoms with Crippen molar-refractivity contribution in [1.82, 2.24) is 9.97 Å². The van der Waals surface area contributed by atoms with Gasteiger partial charge in [0, 0.05) is 12.4 Å². The molecule has 0 aliphatic carbocycles. The van der Waals surface area contributed by atoms with E-state index in [4.69, 9.17) is 9.84 Å². The Morgan fingerprint density at radius 3 is 3.12 bits per heavy atom. The van der Waals surface area contributed by atoms with Crippen LogP contribution in [0.25, 0.3) is 0 Å². The van der Waals surface area contributed by atoms with Gasteiger partial charge in [-0.15, -0.1) is 0 Å². The molecule has 2 atom stereocenters. The van der Waals surface area contributed by atoms with Crippen molar-refractivity contribution in [2.75, 3.05) is 18.5 Å². The Hall–Kier alpha value is -1.69. The molecule has 86 valence electrons. The summed E-state index contributed by atoms with van der Waals surface area (Å²) in [5, 5.41) is 12.2. The zero-order valence-corrected chi connectivity index (χ0v) is 8.88. The van der Waals surface area contributed by atoms with Crippen molar-refractivity contribution in [3.63, 3.8) is 0 Å². The highest BCUT2D eigenvalue weighted by Crippen LogP contribution is 2.30. The summed E-state index contributed by atoms with van der Waals surface area (Å²) in [7, 11) is 0. The highest BCUT2D eigenvalue weighted by molar-refractivity contribution is 5.76. The fourth-order valence-corrected chi connectivity index (χ4v) is 1.64. The summed E-state index contributed by atoms with van der Waals surface area (Å²) >= 11 is 0. The maximum absolute atomic E-state index is 11.2. The summed E-state index contributed by atoms with van der Waals surface area (Å²) in [6.45, 7) is 2.23. The molecule has 0 saturated carbocycles. The minimum atomic E-state index is -0.919. The number of hydrogen-bond donors (Lipinski definition) is 2. The van der Waals surface area contributed by atoms with Crippen molar-refractivity contribution in [2.24, 2.45) is 5.41 Å². The Labute approximate surface area is 92.7 Å². The van der Waals surface area contributed by atoms with Crippen LogP contribution in [0.3, 0.4) is 0 Å². The molecule has 6 nitrogen and oxygen atoms in total. The maximum atomic E-state index is 11.2. The summed E-state index contributed by atoms with van der Waals surface area (Å²) in [6.07, 6.45) is 4.67. The van der Waals surface area contributed by atoms with Crippen LogP contribution in [0, 0.1) is 5.41 Å². The number of carboxylic acids is 1. The maximum Gasteiger partial charge on any atom is 0.313 e. The van der Waals surface area contributed by atoms with E-state index in [0.29, 0.717) is 12.4 Å². The van der Waals surface area contributed by atoms with Gasteiger partial charge in [-0.3, -0.25) is 9.78 Å². The van der Waals surface area contributed by atoms with Gasteiger partial charge in [0.15, 0.2) is 0 Å². The monoisotopic (exact) mass is 223 g/mol. The summed E-state index contributed by atoms with van der Waals surface area (Å²) in [5.41, 5.74) is -0.919. The predicted octanol–water partition coefficient (Wildman–Crippen LogP) is 0.378. The van der Waals surface area contributed by atoms with E-state index in [1.165, 1.54) is 0 Å². The Kier molecular flexibility index (Phi) is 2.74. The molecule has 0 bridgehead atoms. The normalized spacial score (nSPS) is 28.9. The minimum absolute atomic E-state index is 0.209. The lowest BCUT2D eigenvalue weighted by Gasteiger charge is -2.25. The zero-order chi connectivity index (χ0) is 11.6. The number of ether oxygens (including phenoxy) is 1. The van der Waals surface area contributed by atoms with E-state index < -0.39 is 11.4 Å². The van der Waals surface area contributed by atoms with Gasteiger partial charge in [-0.1, -0.05) is 0 Å². The van der Waals surface area contributed by atoms with Crippen molar-refractivity contribution in [3.8, 4) is 0 Å². The first kappa shape index (κ1) is 10.8. The van der Waals surface area contributed by atoms with E-state index in [9.17, 15) is 4.79 Å². The van der Waals surface area contributed by atoms with Gasteiger partial charge in [0.25, 0.3) is 0 Å². The largest absolute Gasteiger partial charge is 0.481 e. The third-order valence-corrected chi connectivity index (χ3v) is 2.83. The van der Waals surface area contributed by atoms with Gasteiger partial charge in [-0.2, -0.15) is 0 Å². The van der Waals surface area contributed by atoms with Gasteiger partial charge in [0.1, 0.15) is 11.2 Å². The van der Waals surface area contributed by atoms with Gasteiger partial charge in [0.05, 0.1) is 25.5 Å². The third-order valence-electron chi connectivity index (χ3n) is 2.83. The molecule has 1 aliphatic heterocycles. The molecule has 1 fully saturated rings. The number of nitrogens with zero attached hydrogens (tertiary/aromatic N) is 2. The lowest BCUT2D eigenvalue weighted by Crippen LogP contribution is -2.43. The van der Waals surface area contributed by atoms with Crippen molar-refractivity contribution < 1.29 is 14.6 Å². The molecule has 0 spiro atoms. The molecule has 0 aromatic carbocycles. The molecule has 2 heterocycles. The zero-order valence-electron chi connectivity index (χ0n) is 8.88. The second-order valence-electron chi connectivity index (χ2n) is 4.03. The average molecular weight is 223 g/mol. The fraction of sp³-hybridized carbons (Fsp3) is 0.500. The summed E-state index contributed by atoms with van der Waals surface area (Å²) < 4.78 is 5.21. The molecule has 1 saturated heterocycles. The van der Waals surface area contributed by atoms with Crippen molar-refractivity contribution in [2.45, 2.75) is 13.0 Å².